The quantitative estimate of drug-likeness (QED) is 0.909. The molecule has 0 unspecified atom stereocenters. The molecule has 0 amide bonds. The summed E-state index contributed by atoms with van der Waals surface area (Å²) in [4.78, 5) is 7.96. The van der Waals surface area contributed by atoms with Gasteiger partial charge in [-0.05, 0) is 25.0 Å². The lowest BCUT2D eigenvalue weighted by molar-refractivity contribution is -0.179. The van der Waals surface area contributed by atoms with Gasteiger partial charge in [0.05, 0.1) is 30.8 Å². The molecular weight excluding hydrogens is 266 g/mol. The lowest BCUT2D eigenvalue weighted by Gasteiger charge is -2.35. The molecule has 4 rings (SSSR count). The maximum absolute atomic E-state index is 5.76. The monoisotopic (exact) mass is 287 g/mol. The van der Waals surface area contributed by atoms with E-state index in [0.717, 1.165) is 62.3 Å². The van der Waals surface area contributed by atoms with Crippen LogP contribution >= 0.6 is 0 Å². The number of hydrogen-bond acceptors (Lipinski definition) is 4. The number of benzene rings is 1. The Morgan fingerprint density at radius 3 is 2.71 bits per heavy atom. The van der Waals surface area contributed by atoms with Crippen molar-refractivity contribution in [2.75, 3.05) is 13.2 Å². The predicted octanol–water partition coefficient (Wildman–Crippen LogP) is 2.34. The second-order valence-corrected chi connectivity index (χ2v) is 5.96. The molecule has 1 saturated heterocycles. The molecule has 2 aromatic rings. The fourth-order valence-corrected chi connectivity index (χ4v) is 3.38. The van der Waals surface area contributed by atoms with E-state index in [2.05, 4.69) is 21.4 Å². The van der Waals surface area contributed by atoms with E-state index in [-0.39, 0.29) is 5.79 Å². The van der Waals surface area contributed by atoms with Crippen molar-refractivity contribution in [2.24, 2.45) is 0 Å². The smallest absolute Gasteiger partial charge is 0.168 e. The van der Waals surface area contributed by atoms with Crippen molar-refractivity contribution in [3.8, 4) is 0 Å². The molecule has 5 heteroatoms. The Labute approximate surface area is 124 Å². The molecule has 1 aliphatic heterocycles. The van der Waals surface area contributed by atoms with Crippen LogP contribution in [0.1, 0.15) is 31.5 Å². The molecule has 5 nitrogen and oxygen atoms in total. The van der Waals surface area contributed by atoms with Gasteiger partial charge in [-0.25, -0.2) is 4.98 Å². The highest BCUT2D eigenvalue weighted by Crippen LogP contribution is 2.35. The molecule has 1 aromatic heterocycles. The standard InChI is InChI=1S/C16H21N3O2/c1-2-4-14-13(3-1)18-15(19-14)11-17-12-5-7-16(8-6-12)20-9-10-21-16/h1-4,12,17H,5-11H2,(H,18,19). The number of ether oxygens (including phenoxy) is 2. The largest absolute Gasteiger partial charge is 0.348 e. The Morgan fingerprint density at radius 1 is 1.19 bits per heavy atom. The zero-order valence-electron chi connectivity index (χ0n) is 12.1. The van der Waals surface area contributed by atoms with E-state index in [9.17, 15) is 0 Å². The van der Waals surface area contributed by atoms with E-state index in [0.29, 0.717) is 6.04 Å². The van der Waals surface area contributed by atoms with Crippen LogP contribution in [0.25, 0.3) is 11.0 Å². The highest BCUT2D eigenvalue weighted by Gasteiger charge is 2.40. The molecule has 2 N–H and O–H groups in total. The second kappa shape index (κ2) is 5.40. The number of aromatic amines is 1. The highest BCUT2D eigenvalue weighted by atomic mass is 16.7. The summed E-state index contributed by atoms with van der Waals surface area (Å²) >= 11 is 0. The first-order valence-electron chi connectivity index (χ1n) is 7.78. The number of hydrogen-bond donors (Lipinski definition) is 2. The average molecular weight is 287 g/mol. The molecule has 0 atom stereocenters. The Kier molecular flexibility index (Phi) is 3.41. The maximum Gasteiger partial charge on any atom is 0.168 e. The van der Waals surface area contributed by atoms with Crippen LogP contribution in [0.3, 0.4) is 0 Å². The van der Waals surface area contributed by atoms with Gasteiger partial charge in [0.1, 0.15) is 5.82 Å². The fraction of sp³-hybridized carbons (Fsp3) is 0.562. The van der Waals surface area contributed by atoms with Crippen LogP contribution in [0.5, 0.6) is 0 Å². The summed E-state index contributed by atoms with van der Waals surface area (Å²) < 4.78 is 11.5. The first kappa shape index (κ1) is 13.2. The van der Waals surface area contributed by atoms with Crippen molar-refractivity contribution in [3.63, 3.8) is 0 Å². The Morgan fingerprint density at radius 2 is 1.95 bits per heavy atom. The molecule has 1 saturated carbocycles. The Hall–Kier alpha value is -1.43. The van der Waals surface area contributed by atoms with E-state index in [1.807, 2.05) is 18.2 Å². The van der Waals surface area contributed by atoms with Crippen molar-refractivity contribution in [2.45, 2.75) is 44.1 Å². The van der Waals surface area contributed by atoms with Gasteiger partial charge in [-0.15, -0.1) is 0 Å². The molecule has 2 aliphatic rings. The van der Waals surface area contributed by atoms with Crippen LogP contribution in [0, 0.1) is 0 Å². The van der Waals surface area contributed by atoms with Gasteiger partial charge in [0, 0.05) is 18.9 Å². The molecule has 2 fully saturated rings. The lowest BCUT2D eigenvalue weighted by Crippen LogP contribution is -2.41. The Balaban J connectivity index is 1.33. The summed E-state index contributed by atoms with van der Waals surface area (Å²) in [5.41, 5.74) is 2.13. The van der Waals surface area contributed by atoms with Crippen LogP contribution in [-0.4, -0.2) is 35.0 Å². The van der Waals surface area contributed by atoms with E-state index in [4.69, 9.17) is 9.47 Å². The summed E-state index contributed by atoms with van der Waals surface area (Å²) in [6, 6.07) is 8.67. The SMILES string of the molecule is c1ccc2[nH]c(CNC3CCC4(CC3)OCCO4)nc2c1. The third-order valence-corrected chi connectivity index (χ3v) is 4.56. The zero-order chi connectivity index (χ0) is 14.1. The third kappa shape index (κ3) is 2.69. The van der Waals surface area contributed by atoms with Crippen molar-refractivity contribution in [1.29, 1.82) is 0 Å². The normalized spacial score (nSPS) is 22.3. The molecule has 2 heterocycles. The number of para-hydroxylation sites is 2. The third-order valence-electron chi connectivity index (χ3n) is 4.56. The van der Waals surface area contributed by atoms with Gasteiger partial charge in [0.15, 0.2) is 5.79 Å². The molecule has 0 bridgehead atoms. The fourth-order valence-electron chi connectivity index (χ4n) is 3.38. The van der Waals surface area contributed by atoms with Gasteiger partial charge in [-0.1, -0.05) is 12.1 Å². The summed E-state index contributed by atoms with van der Waals surface area (Å²) in [5.74, 6) is 0.738. The molecule has 21 heavy (non-hydrogen) atoms. The number of nitrogens with one attached hydrogen (secondary N) is 2. The minimum atomic E-state index is -0.266. The number of imidazole rings is 1. The van der Waals surface area contributed by atoms with Gasteiger partial charge in [-0.3, -0.25) is 0 Å². The van der Waals surface area contributed by atoms with Gasteiger partial charge in [-0.2, -0.15) is 0 Å². The Bertz CT molecular complexity index is 576. The first-order chi connectivity index (χ1) is 10.3. The number of fused-ring (bicyclic) bond motifs is 1. The summed E-state index contributed by atoms with van der Waals surface area (Å²) in [6.07, 6.45) is 4.18. The van der Waals surface area contributed by atoms with E-state index in [1.165, 1.54) is 0 Å². The molecule has 1 aromatic carbocycles. The second-order valence-electron chi connectivity index (χ2n) is 5.96. The first-order valence-corrected chi connectivity index (χ1v) is 7.78. The van der Waals surface area contributed by atoms with Gasteiger partial charge < -0.3 is 19.8 Å². The number of H-pyrrole nitrogens is 1. The van der Waals surface area contributed by atoms with Crippen LogP contribution in [0.4, 0.5) is 0 Å². The molecule has 1 aliphatic carbocycles. The minimum absolute atomic E-state index is 0.266. The summed E-state index contributed by atoms with van der Waals surface area (Å²) in [7, 11) is 0. The lowest BCUT2D eigenvalue weighted by atomic mass is 9.90. The van der Waals surface area contributed by atoms with Gasteiger partial charge in [0.2, 0.25) is 0 Å². The summed E-state index contributed by atoms with van der Waals surface area (Å²) in [5, 5.41) is 3.60. The van der Waals surface area contributed by atoms with Gasteiger partial charge >= 0.3 is 0 Å². The number of rotatable bonds is 3. The average Bonchev–Trinajstić information content (AvgIpc) is 3.13. The van der Waals surface area contributed by atoms with Crippen LogP contribution in [-0.2, 0) is 16.0 Å². The van der Waals surface area contributed by atoms with Crippen LogP contribution in [0.2, 0.25) is 0 Å². The molecular formula is C16H21N3O2. The van der Waals surface area contributed by atoms with Crippen molar-refractivity contribution >= 4 is 11.0 Å². The zero-order valence-corrected chi connectivity index (χ0v) is 12.1. The van der Waals surface area contributed by atoms with E-state index in [1.54, 1.807) is 0 Å². The molecule has 112 valence electrons. The van der Waals surface area contributed by atoms with Crippen molar-refractivity contribution < 1.29 is 9.47 Å². The van der Waals surface area contributed by atoms with Crippen molar-refractivity contribution in [3.05, 3.63) is 30.1 Å². The highest BCUT2D eigenvalue weighted by molar-refractivity contribution is 5.74. The summed E-state index contributed by atoms with van der Waals surface area (Å²) in [6.45, 7) is 2.28. The van der Waals surface area contributed by atoms with E-state index >= 15 is 0 Å². The van der Waals surface area contributed by atoms with E-state index < -0.39 is 0 Å². The topological polar surface area (TPSA) is 59.2 Å². The van der Waals surface area contributed by atoms with Gasteiger partial charge in [0.25, 0.3) is 0 Å². The predicted molar refractivity (Wildman–Crippen MR) is 79.8 cm³/mol. The number of aromatic nitrogens is 2. The molecule has 0 radical (unpaired) electrons. The molecule has 1 spiro atoms. The minimum Gasteiger partial charge on any atom is -0.348 e. The van der Waals surface area contributed by atoms with Crippen LogP contribution < -0.4 is 5.32 Å². The maximum atomic E-state index is 5.76. The van der Waals surface area contributed by atoms with Crippen LogP contribution in [0.15, 0.2) is 24.3 Å². The van der Waals surface area contributed by atoms with Crippen molar-refractivity contribution in [1.82, 2.24) is 15.3 Å². The number of nitrogens with zero attached hydrogens (tertiary/aromatic N) is 1.